The number of aromatic nitrogens is 1. The van der Waals surface area contributed by atoms with Crippen LogP contribution in [0.5, 0.6) is 0 Å². The lowest BCUT2D eigenvalue weighted by Crippen LogP contribution is -2.47. The van der Waals surface area contributed by atoms with Crippen LogP contribution in [0, 0.1) is 0 Å². The van der Waals surface area contributed by atoms with Gasteiger partial charge in [-0.2, -0.15) is 0 Å². The molecule has 4 aromatic carbocycles. The lowest BCUT2D eigenvalue weighted by atomic mass is 9.65. The zero-order valence-corrected chi connectivity index (χ0v) is 21.9. The Kier molecular flexibility index (Phi) is 5.45. The number of rotatable bonds is 0. The SMILES string of the molecule is [B]c1c([B])c([B])c2c(sc3c([B])c4[nH]c5c([B])c6sc7c([B])c([B])c([B])c([B])c7c6c([B])c5c4c([B])c32)c1[B]. The van der Waals surface area contributed by atoms with Gasteiger partial charge in [0.25, 0.3) is 0 Å². The second kappa shape index (κ2) is 8.23. The van der Waals surface area contributed by atoms with Gasteiger partial charge >= 0.3 is 0 Å². The molecule has 0 bridgehead atoms. The van der Waals surface area contributed by atoms with Crippen molar-refractivity contribution in [3.8, 4) is 0 Å². The highest BCUT2D eigenvalue weighted by atomic mass is 32.1. The second-order valence-electron chi connectivity index (χ2n) is 9.61. The largest absolute Gasteiger partial charge is 0.355 e. The second-order valence-corrected chi connectivity index (χ2v) is 11.7. The van der Waals surface area contributed by atoms with Crippen molar-refractivity contribution in [1.82, 2.24) is 4.98 Å². The first-order chi connectivity index (χ1) is 18.4. The Labute approximate surface area is 248 Å². The Balaban J connectivity index is 1.78. The fraction of sp³-hybridized carbons (Fsp3) is 0. The smallest absolute Gasteiger partial charge is 0.118 e. The summed E-state index contributed by atoms with van der Waals surface area (Å²) in [4.78, 5) is 3.35. The van der Waals surface area contributed by atoms with Crippen molar-refractivity contribution >= 4 is 245 Å². The Hall–Kier alpha value is -2.10. The summed E-state index contributed by atoms with van der Waals surface area (Å²) in [5.74, 6) is 0. The van der Waals surface area contributed by atoms with Crippen LogP contribution in [-0.2, 0) is 0 Å². The van der Waals surface area contributed by atoms with Gasteiger partial charge in [0.2, 0.25) is 0 Å². The van der Waals surface area contributed by atoms with E-state index in [-0.39, 0.29) is 32.8 Å². The maximum absolute atomic E-state index is 6.89. The molecule has 0 unspecified atom stereocenters. The Bertz CT molecular complexity index is 2150. The molecule has 0 saturated heterocycles. The van der Waals surface area contributed by atoms with Crippen molar-refractivity contribution in [2.75, 3.05) is 0 Å². The fourth-order valence-corrected chi connectivity index (χ4v) is 8.19. The van der Waals surface area contributed by atoms with Gasteiger partial charge in [-0.05, 0) is 32.3 Å². The molecule has 7 rings (SSSR count). The maximum atomic E-state index is 6.89. The van der Waals surface area contributed by atoms with Crippen molar-refractivity contribution in [3.05, 3.63) is 0 Å². The number of H-pyrrole nitrogens is 1. The van der Waals surface area contributed by atoms with Crippen molar-refractivity contribution in [3.63, 3.8) is 0 Å². The molecule has 3 aromatic heterocycles. The summed E-state index contributed by atoms with van der Waals surface area (Å²) in [6, 6.07) is 0. The van der Waals surface area contributed by atoms with Crippen LogP contribution in [0.4, 0.5) is 0 Å². The number of fused-ring (bicyclic) bond motifs is 9. The molecule has 0 fully saturated rings. The minimum absolute atomic E-state index is 0.178. The molecular weight excluding hydrogens is 496 g/mol. The van der Waals surface area contributed by atoms with E-state index in [1.807, 2.05) is 0 Å². The van der Waals surface area contributed by atoms with E-state index in [9.17, 15) is 0 Å². The summed E-state index contributed by atoms with van der Waals surface area (Å²) >= 11 is 2.66. The molecule has 7 aromatic rings. The minimum atomic E-state index is 0.178. The van der Waals surface area contributed by atoms with E-state index in [4.69, 9.17) is 94.2 Å². The Morgan fingerprint density at radius 3 is 0.923 bits per heavy atom. The van der Waals surface area contributed by atoms with Crippen molar-refractivity contribution in [1.29, 1.82) is 0 Å². The van der Waals surface area contributed by atoms with Crippen LogP contribution in [-0.4, -0.2) is 99.1 Å². The number of hydrogen-bond donors (Lipinski definition) is 1. The van der Waals surface area contributed by atoms with Crippen LogP contribution in [0.1, 0.15) is 0 Å². The van der Waals surface area contributed by atoms with E-state index in [1.54, 1.807) is 0 Å². The molecule has 39 heavy (non-hydrogen) atoms. The van der Waals surface area contributed by atoms with Crippen LogP contribution < -0.4 is 65.6 Å². The third-order valence-corrected chi connectivity index (χ3v) is 10.2. The van der Waals surface area contributed by atoms with Crippen LogP contribution in [0.2, 0.25) is 0 Å². The average molecular weight is 497 g/mol. The third-order valence-electron chi connectivity index (χ3n) is 7.69. The summed E-state index contributed by atoms with van der Waals surface area (Å²) in [5.41, 5.74) is 4.67. The lowest BCUT2D eigenvalue weighted by molar-refractivity contribution is 1.59. The first-order valence-corrected chi connectivity index (χ1v) is 13.2. The zero-order valence-electron chi connectivity index (χ0n) is 20.2. The predicted molar refractivity (Wildman–Crippen MR) is 186 cm³/mol. The molecule has 0 aliphatic carbocycles. The van der Waals surface area contributed by atoms with Crippen LogP contribution >= 0.6 is 22.7 Å². The first kappa shape index (κ1) is 25.8. The molecule has 24 radical (unpaired) electrons. The molecular formula is C24HB12NS2. The highest BCUT2D eigenvalue weighted by Gasteiger charge is 2.24. The number of benzene rings is 4. The quantitative estimate of drug-likeness (QED) is 0.201. The monoisotopic (exact) mass is 499 g/mol. The molecule has 1 nitrogen and oxygen atoms in total. The van der Waals surface area contributed by atoms with Gasteiger partial charge in [0.1, 0.15) is 94.2 Å². The Morgan fingerprint density at radius 2 is 0.564 bits per heavy atom. The number of nitrogens with one attached hydrogen (secondary N) is 1. The van der Waals surface area contributed by atoms with Crippen LogP contribution in [0.25, 0.3) is 62.2 Å². The molecule has 0 amide bonds. The van der Waals surface area contributed by atoms with Gasteiger partial charge in [0.15, 0.2) is 0 Å². The van der Waals surface area contributed by atoms with Gasteiger partial charge in [-0.15, -0.1) is 44.5 Å². The van der Waals surface area contributed by atoms with Gasteiger partial charge in [0.05, 0.1) is 0 Å². The summed E-state index contributed by atoms with van der Waals surface area (Å²) in [5, 5.41) is 3.51. The third kappa shape index (κ3) is 2.97. The summed E-state index contributed by atoms with van der Waals surface area (Å²) in [7, 11) is 77.4. The highest BCUT2D eigenvalue weighted by molar-refractivity contribution is 7.29. The zero-order chi connectivity index (χ0) is 28.0. The molecule has 0 spiro atoms. The summed E-state index contributed by atoms with van der Waals surface area (Å²) < 4.78 is 2.63. The minimum Gasteiger partial charge on any atom is -0.355 e. The molecule has 0 saturated carbocycles. The predicted octanol–water partition coefficient (Wildman–Crippen LogP) is -6.42. The number of thiophene rings is 2. The van der Waals surface area contributed by atoms with Gasteiger partial charge in [0, 0.05) is 29.8 Å². The normalized spacial score (nSPS) is 12.3. The van der Waals surface area contributed by atoms with Gasteiger partial charge < -0.3 is 4.98 Å². The van der Waals surface area contributed by atoms with E-state index in [2.05, 4.69) is 4.98 Å². The topological polar surface area (TPSA) is 15.8 Å². The average Bonchev–Trinajstić information content (AvgIpc) is 3.63. The van der Waals surface area contributed by atoms with Crippen molar-refractivity contribution in [2.45, 2.75) is 0 Å². The van der Waals surface area contributed by atoms with Crippen molar-refractivity contribution in [2.24, 2.45) is 0 Å². The molecule has 15 heteroatoms. The van der Waals surface area contributed by atoms with E-state index in [0.29, 0.717) is 94.9 Å². The summed E-state index contributed by atoms with van der Waals surface area (Å²) in [6.07, 6.45) is 0. The fourth-order valence-electron chi connectivity index (χ4n) is 5.66. The van der Waals surface area contributed by atoms with Gasteiger partial charge in [-0.3, -0.25) is 0 Å². The van der Waals surface area contributed by atoms with E-state index >= 15 is 0 Å². The standard InChI is InChI=1S/C24HB12NS2/c25-7-1-2-8(26)4-6-10(28)12(30)14(32)16(34)22(6)39-24(4)18(36)20(2)37-19(1)17(35)23-3(7)5-9(27)11(29)13(31)15(33)21(5)38-23/h37H. The molecule has 0 aliphatic heterocycles. The van der Waals surface area contributed by atoms with Gasteiger partial charge in [-0.1, -0.05) is 43.7 Å². The lowest BCUT2D eigenvalue weighted by Gasteiger charge is -2.15. The molecule has 0 aliphatic rings. The molecule has 3 heterocycles. The van der Waals surface area contributed by atoms with E-state index in [0.717, 1.165) is 0 Å². The molecule has 0 atom stereocenters. The summed E-state index contributed by atoms with van der Waals surface area (Å²) in [6.45, 7) is 0. The maximum Gasteiger partial charge on any atom is 0.118 e. The van der Waals surface area contributed by atoms with Gasteiger partial charge in [-0.25, -0.2) is 0 Å². The van der Waals surface area contributed by atoms with E-state index in [1.165, 1.54) is 22.7 Å². The number of hydrogen-bond acceptors (Lipinski definition) is 2. The highest BCUT2D eigenvalue weighted by Crippen LogP contribution is 2.36. The van der Waals surface area contributed by atoms with Crippen molar-refractivity contribution < 1.29 is 0 Å². The van der Waals surface area contributed by atoms with Crippen LogP contribution in [0.3, 0.4) is 0 Å². The van der Waals surface area contributed by atoms with Crippen LogP contribution in [0.15, 0.2) is 0 Å². The Morgan fingerprint density at radius 1 is 0.282 bits per heavy atom. The first-order valence-electron chi connectivity index (χ1n) is 11.5. The molecule has 1 N–H and O–H groups in total. The van der Waals surface area contributed by atoms with E-state index < -0.39 is 0 Å². The molecule has 150 valence electrons. The number of aromatic amines is 1.